The zero-order valence-electron chi connectivity index (χ0n) is 11.6. The molecule has 3 nitrogen and oxygen atoms in total. The molecule has 1 N–H and O–H groups in total. The second-order valence-electron chi connectivity index (χ2n) is 5.26. The van der Waals surface area contributed by atoms with Crippen molar-refractivity contribution in [2.45, 2.75) is 51.0 Å². The van der Waals surface area contributed by atoms with Gasteiger partial charge < -0.3 is 9.84 Å². The van der Waals surface area contributed by atoms with Crippen LogP contribution in [0.2, 0.25) is 0 Å². The van der Waals surface area contributed by atoms with Gasteiger partial charge in [-0.2, -0.15) is 11.8 Å². The Labute approximate surface area is 110 Å². The predicted octanol–water partition coefficient (Wildman–Crippen LogP) is 1.99. The molecule has 0 aromatic rings. The van der Waals surface area contributed by atoms with Crippen LogP contribution in [0.25, 0.3) is 0 Å². The maximum Gasteiger partial charge on any atom is 0.0779 e. The van der Waals surface area contributed by atoms with E-state index in [1.165, 1.54) is 0 Å². The lowest BCUT2D eigenvalue weighted by Crippen LogP contribution is -2.55. The van der Waals surface area contributed by atoms with Crippen LogP contribution >= 0.6 is 11.8 Å². The lowest BCUT2D eigenvalue weighted by atomic mass is 9.93. The quantitative estimate of drug-likeness (QED) is 0.792. The first kappa shape index (κ1) is 15.3. The van der Waals surface area contributed by atoms with Crippen LogP contribution in [-0.4, -0.2) is 59.0 Å². The summed E-state index contributed by atoms with van der Waals surface area (Å²) in [5, 5.41) is 11.2. The van der Waals surface area contributed by atoms with Crippen molar-refractivity contribution in [3.8, 4) is 0 Å². The molecule has 1 aliphatic rings. The Hall–Kier alpha value is 0.230. The van der Waals surface area contributed by atoms with Crippen LogP contribution in [0.1, 0.15) is 34.1 Å². The molecular weight excluding hydrogens is 234 g/mol. The van der Waals surface area contributed by atoms with Gasteiger partial charge in [0.25, 0.3) is 0 Å². The van der Waals surface area contributed by atoms with Crippen LogP contribution in [0.4, 0.5) is 0 Å². The minimum Gasteiger partial charge on any atom is -0.389 e. The van der Waals surface area contributed by atoms with Crippen molar-refractivity contribution >= 4 is 11.8 Å². The molecular formula is C13H27NO2S. The molecule has 0 aromatic heterocycles. The van der Waals surface area contributed by atoms with Gasteiger partial charge in [-0.25, -0.2) is 0 Å². The van der Waals surface area contributed by atoms with E-state index in [0.29, 0.717) is 5.25 Å². The summed E-state index contributed by atoms with van der Waals surface area (Å²) in [6.45, 7) is 11.9. The van der Waals surface area contributed by atoms with E-state index in [4.69, 9.17) is 4.74 Å². The summed E-state index contributed by atoms with van der Waals surface area (Å²) in [6.07, 6.45) is 0.799. The molecule has 0 spiro atoms. The highest BCUT2D eigenvalue weighted by Gasteiger charge is 2.35. The van der Waals surface area contributed by atoms with Crippen LogP contribution in [0, 0.1) is 0 Å². The van der Waals surface area contributed by atoms with Gasteiger partial charge in [0.2, 0.25) is 0 Å². The van der Waals surface area contributed by atoms with Crippen molar-refractivity contribution in [1.82, 2.24) is 4.90 Å². The van der Waals surface area contributed by atoms with E-state index in [1.807, 2.05) is 18.7 Å². The zero-order valence-corrected chi connectivity index (χ0v) is 12.4. The van der Waals surface area contributed by atoms with Gasteiger partial charge in [-0.1, -0.05) is 20.8 Å². The summed E-state index contributed by atoms with van der Waals surface area (Å²) < 4.78 is 5.39. The molecule has 0 bridgehead atoms. The molecule has 0 aromatic carbocycles. The fraction of sp³-hybridized carbons (Fsp3) is 1.00. The van der Waals surface area contributed by atoms with Crippen molar-refractivity contribution in [2.75, 3.05) is 32.1 Å². The lowest BCUT2D eigenvalue weighted by Gasteiger charge is -2.42. The summed E-state index contributed by atoms with van der Waals surface area (Å²) in [7, 11) is 0. The average Bonchev–Trinajstić information content (AvgIpc) is 2.30. The third-order valence-corrected chi connectivity index (χ3v) is 4.68. The molecule has 102 valence electrons. The minimum absolute atomic E-state index is 0.240. The first-order valence-electron chi connectivity index (χ1n) is 6.63. The number of hydrogen-bond acceptors (Lipinski definition) is 4. The van der Waals surface area contributed by atoms with E-state index in [9.17, 15) is 5.11 Å². The van der Waals surface area contributed by atoms with E-state index in [1.54, 1.807) is 0 Å². The molecule has 0 amide bonds. The van der Waals surface area contributed by atoms with Crippen molar-refractivity contribution in [3.05, 3.63) is 0 Å². The largest absolute Gasteiger partial charge is 0.389 e. The zero-order chi connectivity index (χ0) is 12.9. The monoisotopic (exact) mass is 261 g/mol. The first-order valence-corrected chi connectivity index (χ1v) is 7.68. The Bertz CT molecular complexity index is 215. The van der Waals surface area contributed by atoms with Crippen LogP contribution < -0.4 is 0 Å². The van der Waals surface area contributed by atoms with Crippen molar-refractivity contribution in [3.63, 3.8) is 0 Å². The normalized spacial score (nSPS) is 23.6. The molecule has 0 aliphatic carbocycles. The van der Waals surface area contributed by atoms with E-state index in [0.717, 1.165) is 38.5 Å². The first-order chi connectivity index (χ1) is 7.97. The minimum atomic E-state index is -0.598. The van der Waals surface area contributed by atoms with Gasteiger partial charge in [-0.15, -0.1) is 0 Å². The molecule has 0 radical (unpaired) electrons. The lowest BCUT2D eigenvalue weighted by molar-refractivity contribution is -0.0609. The number of hydrogen-bond donors (Lipinski definition) is 1. The third kappa shape index (κ3) is 4.78. The van der Waals surface area contributed by atoms with Crippen LogP contribution in [0.15, 0.2) is 0 Å². The standard InChI is InChI=1S/C13H27NO2S/c1-5-13(4,15)12(10-17-11(2)3)14-6-8-16-9-7-14/h11-12,15H,5-10H2,1-4H3/t12-,13?/m0/s1. The molecule has 17 heavy (non-hydrogen) atoms. The SMILES string of the molecule is CCC(C)(O)[C@H](CSC(C)C)N1CCOCC1. The van der Waals surface area contributed by atoms with Crippen LogP contribution in [0.3, 0.4) is 0 Å². The third-order valence-electron chi connectivity index (χ3n) is 3.51. The maximum absolute atomic E-state index is 10.6. The topological polar surface area (TPSA) is 32.7 Å². The highest BCUT2D eigenvalue weighted by atomic mass is 32.2. The number of rotatable bonds is 6. The number of thioether (sulfide) groups is 1. The van der Waals surface area contributed by atoms with Gasteiger partial charge >= 0.3 is 0 Å². The molecule has 1 rings (SSSR count). The second kappa shape index (κ2) is 6.98. The van der Waals surface area contributed by atoms with E-state index < -0.39 is 5.60 Å². The van der Waals surface area contributed by atoms with E-state index in [-0.39, 0.29) is 6.04 Å². The Morgan fingerprint density at radius 1 is 1.35 bits per heavy atom. The van der Waals surface area contributed by atoms with E-state index >= 15 is 0 Å². The van der Waals surface area contributed by atoms with Crippen molar-refractivity contribution in [2.24, 2.45) is 0 Å². The Morgan fingerprint density at radius 2 is 1.94 bits per heavy atom. The Balaban J connectivity index is 2.63. The van der Waals surface area contributed by atoms with Gasteiger partial charge in [-0.05, 0) is 18.6 Å². The van der Waals surface area contributed by atoms with Gasteiger partial charge in [0.1, 0.15) is 0 Å². The van der Waals surface area contributed by atoms with Crippen molar-refractivity contribution < 1.29 is 9.84 Å². The predicted molar refractivity (Wildman–Crippen MR) is 74.7 cm³/mol. The molecule has 2 atom stereocenters. The number of aliphatic hydroxyl groups is 1. The molecule has 1 aliphatic heterocycles. The van der Waals surface area contributed by atoms with Crippen LogP contribution in [0.5, 0.6) is 0 Å². The molecule has 1 fully saturated rings. The Morgan fingerprint density at radius 3 is 2.41 bits per heavy atom. The van der Waals surface area contributed by atoms with Gasteiger partial charge in [0, 0.05) is 24.9 Å². The summed E-state index contributed by atoms with van der Waals surface area (Å²) in [4.78, 5) is 2.39. The molecule has 1 unspecified atom stereocenters. The second-order valence-corrected chi connectivity index (χ2v) is 6.87. The number of morpholine rings is 1. The molecule has 0 saturated carbocycles. The summed E-state index contributed by atoms with van der Waals surface area (Å²) in [5.74, 6) is 0.999. The highest BCUT2D eigenvalue weighted by Crippen LogP contribution is 2.26. The fourth-order valence-corrected chi connectivity index (χ4v) is 3.22. The summed E-state index contributed by atoms with van der Waals surface area (Å²) in [6, 6.07) is 0.240. The average molecular weight is 261 g/mol. The maximum atomic E-state index is 10.6. The van der Waals surface area contributed by atoms with Gasteiger partial charge in [-0.3, -0.25) is 4.90 Å². The van der Waals surface area contributed by atoms with Crippen molar-refractivity contribution in [1.29, 1.82) is 0 Å². The smallest absolute Gasteiger partial charge is 0.0779 e. The summed E-state index contributed by atoms with van der Waals surface area (Å²) in [5.41, 5.74) is -0.598. The van der Waals surface area contributed by atoms with Crippen LogP contribution in [-0.2, 0) is 4.74 Å². The van der Waals surface area contributed by atoms with E-state index in [2.05, 4.69) is 25.7 Å². The molecule has 1 saturated heterocycles. The fourth-order valence-electron chi connectivity index (χ4n) is 2.09. The summed E-state index contributed by atoms with van der Waals surface area (Å²) >= 11 is 1.93. The molecule has 4 heteroatoms. The molecule has 1 heterocycles. The van der Waals surface area contributed by atoms with Gasteiger partial charge in [0.05, 0.1) is 18.8 Å². The number of nitrogens with zero attached hydrogens (tertiary/aromatic N) is 1. The Kier molecular flexibility index (Phi) is 6.27. The highest BCUT2D eigenvalue weighted by molar-refractivity contribution is 7.99. The number of ether oxygens (including phenoxy) is 1. The van der Waals surface area contributed by atoms with Gasteiger partial charge in [0.15, 0.2) is 0 Å².